The standard InChI is InChI=1S/C10H9NO3/c1-7(12)9(13)5-10(14)8-3-2-4-11-6-8/h2-4,6H,5H2,1H3. The van der Waals surface area contributed by atoms with Gasteiger partial charge < -0.3 is 0 Å². The summed E-state index contributed by atoms with van der Waals surface area (Å²) in [5.41, 5.74) is 0.349. The lowest BCUT2D eigenvalue weighted by atomic mass is 10.1. The first-order valence-corrected chi connectivity index (χ1v) is 4.08. The fourth-order valence-corrected chi connectivity index (χ4v) is 0.900. The van der Waals surface area contributed by atoms with E-state index in [-0.39, 0.29) is 12.2 Å². The molecule has 0 N–H and O–H groups in total. The maximum atomic E-state index is 11.3. The molecule has 4 nitrogen and oxygen atoms in total. The van der Waals surface area contributed by atoms with E-state index in [1.165, 1.54) is 12.4 Å². The Bertz CT molecular complexity index is 370. The van der Waals surface area contributed by atoms with Crippen molar-refractivity contribution in [3.63, 3.8) is 0 Å². The van der Waals surface area contributed by atoms with Gasteiger partial charge in [0.25, 0.3) is 0 Å². The van der Waals surface area contributed by atoms with Gasteiger partial charge in [-0.15, -0.1) is 0 Å². The molecule has 72 valence electrons. The van der Waals surface area contributed by atoms with Crippen LogP contribution in [0.5, 0.6) is 0 Å². The first kappa shape index (κ1) is 10.2. The van der Waals surface area contributed by atoms with Crippen LogP contribution in [0.15, 0.2) is 24.5 Å². The Labute approximate surface area is 81.0 Å². The van der Waals surface area contributed by atoms with Crippen LogP contribution in [0, 0.1) is 0 Å². The monoisotopic (exact) mass is 191 g/mol. The van der Waals surface area contributed by atoms with Gasteiger partial charge in [0.2, 0.25) is 5.78 Å². The minimum Gasteiger partial charge on any atom is -0.294 e. The molecule has 0 unspecified atom stereocenters. The predicted octanol–water partition coefficient (Wildman–Crippen LogP) is 0.812. The van der Waals surface area contributed by atoms with E-state index in [9.17, 15) is 14.4 Å². The minimum absolute atomic E-state index is 0.349. The van der Waals surface area contributed by atoms with Gasteiger partial charge in [0.1, 0.15) is 0 Å². The van der Waals surface area contributed by atoms with Gasteiger partial charge in [-0.1, -0.05) is 0 Å². The molecule has 0 bridgehead atoms. The van der Waals surface area contributed by atoms with Gasteiger partial charge in [0.05, 0.1) is 6.42 Å². The molecule has 0 atom stereocenters. The highest BCUT2D eigenvalue weighted by Gasteiger charge is 2.14. The molecule has 0 radical (unpaired) electrons. The van der Waals surface area contributed by atoms with Gasteiger partial charge in [-0.25, -0.2) is 0 Å². The quantitative estimate of drug-likeness (QED) is 0.401. The van der Waals surface area contributed by atoms with E-state index in [0.717, 1.165) is 6.92 Å². The van der Waals surface area contributed by atoms with Gasteiger partial charge in [0.15, 0.2) is 11.6 Å². The number of carbonyl (C=O) groups is 3. The second-order valence-corrected chi connectivity index (χ2v) is 2.82. The molecule has 0 spiro atoms. The molecule has 1 aromatic heterocycles. The van der Waals surface area contributed by atoms with Gasteiger partial charge in [0, 0.05) is 24.9 Å². The van der Waals surface area contributed by atoms with Gasteiger partial charge >= 0.3 is 0 Å². The van der Waals surface area contributed by atoms with Crippen molar-refractivity contribution in [1.29, 1.82) is 0 Å². The van der Waals surface area contributed by atoms with Gasteiger partial charge in [-0.3, -0.25) is 19.4 Å². The number of ketones is 3. The van der Waals surface area contributed by atoms with E-state index < -0.39 is 11.6 Å². The van der Waals surface area contributed by atoms with E-state index in [2.05, 4.69) is 4.98 Å². The SMILES string of the molecule is CC(=O)C(=O)CC(=O)c1cccnc1. The second-order valence-electron chi connectivity index (χ2n) is 2.82. The summed E-state index contributed by atoms with van der Waals surface area (Å²) in [5, 5.41) is 0. The zero-order chi connectivity index (χ0) is 10.6. The molecule has 1 rings (SSSR count). The smallest absolute Gasteiger partial charge is 0.205 e. The number of carbonyl (C=O) groups excluding carboxylic acids is 3. The lowest BCUT2D eigenvalue weighted by Crippen LogP contribution is -2.15. The Hall–Kier alpha value is -1.84. The Morgan fingerprint density at radius 3 is 2.57 bits per heavy atom. The third kappa shape index (κ3) is 2.58. The van der Waals surface area contributed by atoms with Crippen LogP contribution in [0.1, 0.15) is 23.7 Å². The van der Waals surface area contributed by atoms with Gasteiger partial charge in [-0.05, 0) is 12.1 Å². The number of pyridine rings is 1. The highest BCUT2D eigenvalue weighted by molar-refractivity contribution is 6.40. The summed E-state index contributed by atoms with van der Waals surface area (Å²) in [6.45, 7) is 1.15. The first-order chi connectivity index (χ1) is 6.61. The van der Waals surface area contributed by atoms with Crippen molar-refractivity contribution < 1.29 is 14.4 Å². The molecule has 0 amide bonds. The highest BCUT2D eigenvalue weighted by atomic mass is 16.2. The Morgan fingerprint density at radius 2 is 2.07 bits per heavy atom. The van der Waals surface area contributed by atoms with Crippen LogP contribution in [-0.4, -0.2) is 22.3 Å². The zero-order valence-corrected chi connectivity index (χ0v) is 7.69. The maximum absolute atomic E-state index is 11.3. The fourth-order valence-electron chi connectivity index (χ4n) is 0.900. The highest BCUT2D eigenvalue weighted by Crippen LogP contribution is 2.01. The van der Waals surface area contributed by atoms with Crippen LogP contribution >= 0.6 is 0 Å². The van der Waals surface area contributed by atoms with Crippen molar-refractivity contribution in [2.24, 2.45) is 0 Å². The van der Waals surface area contributed by atoms with Crippen LogP contribution in [0.25, 0.3) is 0 Å². The summed E-state index contributed by atoms with van der Waals surface area (Å²) in [5.74, 6) is -1.64. The van der Waals surface area contributed by atoms with Crippen molar-refractivity contribution in [3.8, 4) is 0 Å². The summed E-state index contributed by atoms with van der Waals surface area (Å²) in [6.07, 6.45) is 2.53. The molecular weight excluding hydrogens is 182 g/mol. The summed E-state index contributed by atoms with van der Waals surface area (Å²) in [4.78, 5) is 36.6. The fraction of sp³-hybridized carbons (Fsp3) is 0.200. The molecule has 14 heavy (non-hydrogen) atoms. The average molecular weight is 191 g/mol. The molecule has 1 heterocycles. The van der Waals surface area contributed by atoms with Crippen molar-refractivity contribution in [1.82, 2.24) is 4.98 Å². The predicted molar refractivity (Wildman–Crippen MR) is 48.9 cm³/mol. The Kier molecular flexibility index (Phi) is 3.23. The van der Waals surface area contributed by atoms with E-state index >= 15 is 0 Å². The van der Waals surface area contributed by atoms with Crippen molar-refractivity contribution in [2.45, 2.75) is 13.3 Å². The normalized spacial score (nSPS) is 9.50. The van der Waals surface area contributed by atoms with Crippen LogP contribution in [0.3, 0.4) is 0 Å². The Balaban J connectivity index is 2.69. The summed E-state index contributed by atoms with van der Waals surface area (Å²) in [7, 11) is 0. The first-order valence-electron chi connectivity index (χ1n) is 4.08. The largest absolute Gasteiger partial charge is 0.294 e. The van der Waals surface area contributed by atoms with Crippen molar-refractivity contribution in [3.05, 3.63) is 30.1 Å². The van der Waals surface area contributed by atoms with Crippen molar-refractivity contribution >= 4 is 17.3 Å². The summed E-state index contributed by atoms with van der Waals surface area (Å²) < 4.78 is 0. The zero-order valence-electron chi connectivity index (χ0n) is 7.69. The number of Topliss-reactive ketones (excluding diaryl/α,β-unsaturated/α-hetero) is 3. The van der Waals surface area contributed by atoms with Crippen molar-refractivity contribution in [2.75, 3.05) is 0 Å². The molecule has 0 aliphatic heterocycles. The molecule has 1 aromatic rings. The molecule has 0 fully saturated rings. The third-order valence-electron chi connectivity index (χ3n) is 1.70. The average Bonchev–Trinajstić information content (AvgIpc) is 2.19. The van der Waals surface area contributed by atoms with Crippen LogP contribution < -0.4 is 0 Å². The van der Waals surface area contributed by atoms with E-state index in [1.54, 1.807) is 12.1 Å². The van der Waals surface area contributed by atoms with E-state index in [1.807, 2.05) is 0 Å². The molecule has 0 aromatic carbocycles. The van der Waals surface area contributed by atoms with Crippen LogP contribution in [0.2, 0.25) is 0 Å². The lowest BCUT2D eigenvalue weighted by molar-refractivity contribution is -0.134. The summed E-state index contributed by atoms with van der Waals surface area (Å²) in [6, 6.07) is 3.16. The van der Waals surface area contributed by atoms with E-state index in [0.29, 0.717) is 5.56 Å². The van der Waals surface area contributed by atoms with E-state index in [4.69, 9.17) is 0 Å². The Morgan fingerprint density at radius 1 is 1.36 bits per heavy atom. The number of hydrogen-bond acceptors (Lipinski definition) is 4. The van der Waals surface area contributed by atoms with Crippen LogP contribution in [-0.2, 0) is 9.59 Å². The third-order valence-corrected chi connectivity index (χ3v) is 1.70. The topological polar surface area (TPSA) is 64.1 Å². The second kappa shape index (κ2) is 4.41. The molecular formula is C10H9NO3. The van der Waals surface area contributed by atoms with Crippen LogP contribution in [0.4, 0.5) is 0 Å². The number of nitrogens with zero attached hydrogens (tertiary/aromatic N) is 1. The molecule has 0 aliphatic carbocycles. The molecule has 0 saturated carbocycles. The summed E-state index contributed by atoms with van der Waals surface area (Å²) >= 11 is 0. The molecule has 0 aliphatic rings. The number of rotatable bonds is 4. The molecule has 0 saturated heterocycles. The lowest BCUT2D eigenvalue weighted by Gasteiger charge is -1.96. The van der Waals surface area contributed by atoms with Gasteiger partial charge in [-0.2, -0.15) is 0 Å². The molecule has 4 heteroatoms. The number of hydrogen-bond donors (Lipinski definition) is 0. The number of aromatic nitrogens is 1. The minimum atomic E-state index is -0.668. The maximum Gasteiger partial charge on any atom is 0.205 e.